The Morgan fingerprint density at radius 1 is 0.952 bits per heavy atom. The lowest BCUT2D eigenvalue weighted by molar-refractivity contribution is 1.09. The first-order valence-electron chi connectivity index (χ1n) is 6.86. The summed E-state index contributed by atoms with van der Waals surface area (Å²) >= 11 is 9.64. The zero-order valence-electron chi connectivity index (χ0n) is 13.3. The number of rotatable bonds is 2. The molecule has 0 saturated carbocycles. The van der Waals surface area contributed by atoms with E-state index in [2.05, 4.69) is 37.0 Å². The van der Waals surface area contributed by atoms with Crippen LogP contribution in [0.1, 0.15) is 34.1 Å². The molecule has 0 atom stereocenters. The van der Waals surface area contributed by atoms with Crippen molar-refractivity contribution in [3.05, 3.63) is 47.5 Å². The van der Waals surface area contributed by atoms with Gasteiger partial charge in [0.2, 0.25) is 0 Å². The SMILES string of the molecule is C=Cn1cc[nH]c1=S.C=Cn1cc[nH]c1=S.CC.CCC. The van der Waals surface area contributed by atoms with Crippen LogP contribution < -0.4 is 0 Å². The van der Waals surface area contributed by atoms with Crippen molar-refractivity contribution in [3.8, 4) is 0 Å². The van der Waals surface area contributed by atoms with Crippen molar-refractivity contribution in [2.24, 2.45) is 0 Å². The van der Waals surface area contributed by atoms with Crippen LogP contribution in [0.25, 0.3) is 12.4 Å². The van der Waals surface area contributed by atoms with E-state index in [1.807, 2.05) is 26.2 Å². The van der Waals surface area contributed by atoms with E-state index in [0.717, 1.165) is 0 Å². The van der Waals surface area contributed by atoms with Crippen molar-refractivity contribution < 1.29 is 0 Å². The molecule has 0 aliphatic carbocycles. The average molecular weight is 327 g/mol. The van der Waals surface area contributed by atoms with Gasteiger partial charge in [-0.3, -0.25) is 0 Å². The number of aromatic nitrogens is 4. The molecule has 21 heavy (non-hydrogen) atoms. The predicted molar refractivity (Wildman–Crippen MR) is 99.3 cm³/mol. The molecule has 0 amide bonds. The molecule has 2 aromatic heterocycles. The fraction of sp³-hybridized carbons (Fsp3) is 0.333. The van der Waals surface area contributed by atoms with Crippen molar-refractivity contribution in [2.75, 3.05) is 0 Å². The van der Waals surface area contributed by atoms with Crippen LogP contribution in [0.2, 0.25) is 0 Å². The number of H-pyrrole nitrogens is 2. The molecule has 2 heterocycles. The van der Waals surface area contributed by atoms with Gasteiger partial charge in [-0.05, 0) is 24.4 Å². The van der Waals surface area contributed by atoms with Gasteiger partial charge in [0.05, 0.1) is 0 Å². The minimum absolute atomic E-state index is 0.681. The maximum atomic E-state index is 4.82. The van der Waals surface area contributed by atoms with Gasteiger partial charge in [0.25, 0.3) is 0 Å². The van der Waals surface area contributed by atoms with Crippen LogP contribution in [0.5, 0.6) is 0 Å². The van der Waals surface area contributed by atoms with Gasteiger partial charge < -0.3 is 19.1 Å². The fourth-order valence-corrected chi connectivity index (χ4v) is 1.36. The van der Waals surface area contributed by atoms with Crippen LogP contribution in [-0.2, 0) is 0 Å². The Bertz CT molecular complexity index is 535. The van der Waals surface area contributed by atoms with Crippen molar-refractivity contribution in [1.29, 1.82) is 0 Å². The maximum Gasteiger partial charge on any atom is 0.181 e. The summed E-state index contributed by atoms with van der Waals surface area (Å²) in [4.78, 5) is 5.65. The predicted octanol–water partition coefficient (Wildman–Crippen LogP) is 5.73. The van der Waals surface area contributed by atoms with E-state index in [-0.39, 0.29) is 0 Å². The molecule has 0 saturated heterocycles. The third-order valence-corrected chi connectivity index (χ3v) is 2.40. The van der Waals surface area contributed by atoms with Gasteiger partial charge in [-0.15, -0.1) is 0 Å². The molecule has 2 N–H and O–H groups in total. The monoisotopic (exact) mass is 326 g/mol. The molecule has 0 aliphatic heterocycles. The van der Waals surface area contributed by atoms with E-state index in [9.17, 15) is 0 Å². The van der Waals surface area contributed by atoms with Crippen LogP contribution in [-0.4, -0.2) is 19.1 Å². The Balaban J connectivity index is 0. The summed E-state index contributed by atoms with van der Waals surface area (Å²) in [5.41, 5.74) is 0. The quantitative estimate of drug-likeness (QED) is 0.691. The maximum absolute atomic E-state index is 4.82. The standard InChI is InChI=1S/2C5H6N2S.C3H8.C2H6/c2*1-2-7-4-3-6-5(7)8;1-3-2;1-2/h2*2-4H,1H2,(H,6,8);3H2,1-2H3;1-2H3. The van der Waals surface area contributed by atoms with Gasteiger partial charge in [0.1, 0.15) is 0 Å². The van der Waals surface area contributed by atoms with E-state index in [0.29, 0.717) is 9.54 Å². The van der Waals surface area contributed by atoms with Crippen LogP contribution in [0, 0.1) is 9.54 Å². The van der Waals surface area contributed by atoms with Crippen molar-refractivity contribution in [3.63, 3.8) is 0 Å². The number of aromatic amines is 2. The van der Waals surface area contributed by atoms with Gasteiger partial charge in [-0.25, -0.2) is 0 Å². The number of imidazole rings is 2. The summed E-state index contributed by atoms with van der Waals surface area (Å²) in [7, 11) is 0. The zero-order chi connectivity index (χ0) is 16.7. The highest BCUT2D eigenvalue weighted by atomic mass is 32.1. The summed E-state index contributed by atoms with van der Waals surface area (Å²) in [6.45, 7) is 15.3. The second-order valence-corrected chi connectivity index (χ2v) is 4.19. The van der Waals surface area contributed by atoms with Crippen molar-refractivity contribution >= 4 is 36.8 Å². The van der Waals surface area contributed by atoms with Crippen molar-refractivity contribution in [2.45, 2.75) is 34.1 Å². The van der Waals surface area contributed by atoms with Crippen LogP contribution in [0.3, 0.4) is 0 Å². The Kier molecular flexibility index (Phi) is 15.2. The highest BCUT2D eigenvalue weighted by Crippen LogP contribution is 1.88. The summed E-state index contributed by atoms with van der Waals surface area (Å²) in [5, 5.41) is 0. The lowest BCUT2D eigenvalue weighted by Crippen LogP contribution is -1.78. The summed E-state index contributed by atoms with van der Waals surface area (Å²) < 4.78 is 4.82. The van der Waals surface area contributed by atoms with E-state index >= 15 is 0 Å². The molecule has 0 unspecified atom stereocenters. The van der Waals surface area contributed by atoms with Gasteiger partial charge >= 0.3 is 0 Å². The second kappa shape index (κ2) is 14.7. The summed E-state index contributed by atoms with van der Waals surface area (Å²) in [5.74, 6) is 0. The molecule has 0 spiro atoms. The van der Waals surface area contributed by atoms with Gasteiger partial charge in [-0.1, -0.05) is 47.3 Å². The molecule has 0 bridgehead atoms. The number of hydrogen-bond donors (Lipinski definition) is 2. The molecular weight excluding hydrogens is 300 g/mol. The number of nitrogens with zero attached hydrogens (tertiary/aromatic N) is 2. The Morgan fingerprint density at radius 2 is 1.24 bits per heavy atom. The molecule has 2 aromatic rings. The third-order valence-electron chi connectivity index (χ3n) is 1.75. The molecular formula is C15H26N4S2. The first-order chi connectivity index (χ1) is 10.1. The van der Waals surface area contributed by atoms with Crippen molar-refractivity contribution in [1.82, 2.24) is 19.1 Å². The Morgan fingerprint density at radius 3 is 1.33 bits per heavy atom. The molecule has 0 aromatic carbocycles. The highest BCUT2D eigenvalue weighted by molar-refractivity contribution is 7.71. The van der Waals surface area contributed by atoms with E-state index in [1.54, 1.807) is 33.9 Å². The normalized spacial score (nSPS) is 8.00. The van der Waals surface area contributed by atoms with Crippen LogP contribution >= 0.6 is 24.4 Å². The van der Waals surface area contributed by atoms with Crippen LogP contribution in [0.4, 0.5) is 0 Å². The number of nitrogens with one attached hydrogen (secondary N) is 2. The van der Waals surface area contributed by atoms with Gasteiger partial charge in [0.15, 0.2) is 9.54 Å². The van der Waals surface area contributed by atoms with Crippen LogP contribution in [0.15, 0.2) is 37.9 Å². The molecule has 0 aliphatic rings. The first kappa shape index (κ1) is 21.6. The van der Waals surface area contributed by atoms with Gasteiger partial charge in [-0.2, -0.15) is 0 Å². The summed E-state index contributed by atoms with van der Waals surface area (Å²) in [6.07, 6.45) is 11.7. The van der Waals surface area contributed by atoms with E-state index in [4.69, 9.17) is 24.4 Å². The van der Waals surface area contributed by atoms with E-state index in [1.165, 1.54) is 6.42 Å². The summed E-state index contributed by atoms with van der Waals surface area (Å²) in [6, 6.07) is 0. The largest absolute Gasteiger partial charge is 0.337 e. The fourth-order valence-electron chi connectivity index (χ4n) is 0.950. The Hall–Kier alpha value is -1.66. The molecule has 118 valence electrons. The lowest BCUT2D eigenvalue weighted by atomic mass is 10.6. The lowest BCUT2D eigenvalue weighted by Gasteiger charge is -1.83. The molecule has 2 rings (SSSR count). The minimum atomic E-state index is 0.681. The Labute approximate surface area is 137 Å². The molecule has 4 nitrogen and oxygen atoms in total. The molecule has 6 heteroatoms. The smallest absolute Gasteiger partial charge is 0.181 e. The second-order valence-electron chi connectivity index (χ2n) is 3.42. The molecule has 0 fully saturated rings. The third kappa shape index (κ3) is 9.81. The average Bonchev–Trinajstić information content (AvgIpc) is 3.10. The topological polar surface area (TPSA) is 41.4 Å². The first-order valence-corrected chi connectivity index (χ1v) is 7.68. The minimum Gasteiger partial charge on any atom is -0.337 e. The number of hydrogen-bond acceptors (Lipinski definition) is 2. The highest BCUT2D eigenvalue weighted by Gasteiger charge is 1.80. The molecule has 0 radical (unpaired) electrons. The van der Waals surface area contributed by atoms with Gasteiger partial charge in [0, 0.05) is 37.2 Å². The zero-order valence-corrected chi connectivity index (χ0v) is 14.9. The van der Waals surface area contributed by atoms with E-state index < -0.39 is 0 Å².